The van der Waals surface area contributed by atoms with Gasteiger partial charge in [-0.1, -0.05) is 30.3 Å². The Hall–Kier alpha value is -1.18. The van der Waals surface area contributed by atoms with E-state index in [4.69, 9.17) is 23.7 Å². The molecule has 1 aromatic carbocycles. The third-order valence-electron chi connectivity index (χ3n) is 5.14. The van der Waals surface area contributed by atoms with E-state index in [1.54, 1.807) is 0 Å². The Bertz CT molecular complexity index is 631. The van der Waals surface area contributed by atoms with E-state index in [1.165, 1.54) is 7.11 Å². The molecule has 3 rings (SSSR count). The molecule has 10 heteroatoms. The zero-order valence-corrected chi connectivity index (χ0v) is 16.0. The summed E-state index contributed by atoms with van der Waals surface area (Å²) in [6.45, 7) is -0.353. The molecule has 2 aliphatic rings. The molecule has 0 aliphatic carbocycles. The van der Waals surface area contributed by atoms with Crippen LogP contribution in [0.25, 0.3) is 0 Å². The fourth-order valence-electron chi connectivity index (χ4n) is 3.23. The van der Waals surface area contributed by atoms with Crippen LogP contribution in [0.3, 0.4) is 0 Å². The van der Waals surface area contributed by atoms with Crippen LogP contribution in [0, 0.1) is 0 Å². The van der Waals surface area contributed by atoms with Crippen LogP contribution < -0.4 is 0 Å². The maximum absolute atomic E-state index is 10.2. The van der Waals surface area contributed by atoms with E-state index in [9.17, 15) is 25.5 Å². The van der Waals surface area contributed by atoms with Crippen molar-refractivity contribution in [1.29, 1.82) is 0 Å². The van der Waals surface area contributed by atoms with E-state index < -0.39 is 48.9 Å². The Morgan fingerprint density at radius 3 is 2.38 bits per heavy atom. The van der Waals surface area contributed by atoms with Crippen LogP contribution in [0.2, 0.25) is 0 Å². The first-order chi connectivity index (χ1) is 13.9. The average Bonchev–Trinajstić information content (AvgIpc) is 3.02. The number of methoxy groups -OCH3 is 1. The molecule has 2 fully saturated rings. The molecule has 0 aromatic heterocycles. The van der Waals surface area contributed by atoms with E-state index >= 15 is 0 Å². The van der Waals surface area contributed by atoms with E-state index in [1.807, 2.05) is 30.3 Å². The van der Waals surface area contributed by atoms with Gasteiger partial charge in [0.1, 0.15) is 31.0 Å². The monoisotopic (exact) mass is 416 g/mol. The lowest BCUT2D eigenvalue weighted by Gasteiger charge is -2.40. The van der Waals surface area contributed by atoms with Crippen LogP contribution in [-0.2, 0) is 30.1 Å². The predicted molar refractivity (Wildman–Crippen MR) is 96.4 cm³/mol. The third-order valence-corrected chi connectivity index (χ3v) is 5.14. The van der Waals surface area contributed by atoms with Crippen LogP contribution in [0.15, 0.2) is 30.3 Å². The molecule has 1 aromatic rings. The summed E-state index contributed by atoms with van der Waals surface area (Å²) >= 11 is 0. The molecule has 10 nitrogen and oxygen atoms in total. The normalized spacial score (nSPS) is 40.3. The van der Waals surface area contributed by atoms with E-state index in [-0.39, 0.29) is 19.8 Å². The molecule has 0 saturated carbocycles. The minimum atomic E-state index is -1.89. The Morgan fingerprint density at radius 2 is 1.72 bits per heavy atom. The van der Waals surface area contributed by atoms with Gasteiger partial charge in [0.15, 0.2) is 18.7 Å². The molecule has 0 spiro atoms. The average molecular weight is 416 g/mol. The molecule has 8 unspecified atom stereocenters. The first kappa shape index (κ1) is 22.5. The van der Waals surface area contributed by atoms with Gasteiger partial charge in [-0.25, -0.2) is 0 Å². The van der Waals surface area contributed by atoms with E-state index in [0.717, 1.165) is 5.56 Å². The van der Waals surface area contributed by atoms with Crippen molar-refractivity contribution < 1.29 is 49.2 Å². The largest absolute Gasteiger partial charge is 0.387 e. The topological polar surface area (TPSA) is 147 Å². The summed E-state index contributed by atoms with van der Waals surface area (Å²) in [4.78, 5) is 0. The van der Waals surface area contributed by atoms with E-state index in [0.29, 0.717) is 6.42 Å². The molecular weight excluding hydrogens is 388 g/mol. The van der Waals surface area contributed by atoms with Crippen molar-refractivity contribution in [3.05, 3.63) is 35.9 Å². The van der Waals surface area contributed by atoms with Crippen molar-refractivity contribution in [3.8, 4) is 0 Å². The lowest BCUT2D eigenvalue weighted by Crippen LogP contribution is -2.59. The smallest absolute Gasteiger partial charge is 0.221 e. The molecule has 5 N–H and O–H groups in total. The summed E-state index contributed by atoms with van der Waals surface area (Å²) in [5, 5.41) is 50.4. The second-order valence-electron chi connectivity index (χ2n) is 7.13. The second-order valence-corrected chi connectivity index (χ2v) is 7.13. The number of aliphatic hydroxyl groups excluding tert-OH is 4. The maximum atomic E-state index is 10.2. The molecule has 2 heterocycles. The third kappa shape index (κ3) is 5.12. The zero-order chi connectivity index (χ0) is 21.0. The lowest BCUT2D eigenvalue weighted by atomic mass is 9.99. The van der Waals surface area contributed by atoms with Crippen molar-refractivity contribution in [1.82, 2.24) is 0 Å². The zero-order valence-electron chi connectivity index (χ0n) is 16.0. The van der Waals surface area contributed by atoms with Gasteiger partial charge in [0.05, 0.1) is 13.2 Å². The van der Waals surface area contributed by atoms with Crippen molar-refractivity contribution in [2.24, 2.45) is 0 Å². The summed E-state index contributed by atoms with van der Waals surface area (Å²) in [6, 6.07) is 9.58. The summed E-state index contributed by atoms with van der Waals surface area (Å²) in [5.41, 5.74) is 1.04. The summed E-state index contributed by atoms with van der Waals surface area (Å²) in [6.07, 6.45) is -8.73. The highest BCUT2D eigenvalue weighted by molar-refractivity contribution is 5.14. The molecule has 2 saturated heterocycles. The van der Waals surface area contributed by atoms with Gasteiger partial charge in [0.2, 0.25) is 5.79 Å². The first-order valence-corrected chi connectivity index (χ1v) is 9.39. The number of ether oxygens (including phenoxy) is 5. The summed E-state index contributed by atoms with van der Waals surface area (Å²) in [7, 11) is 1.22. The highest BCUT2D eigenvalue weighted by Gasteiger charge is 2.50. The second kappa shape index (κ2) is 9.75. The summed E-state index contributed by atoms with van der Waals surface area (Å²) < 4.78 is 26.5. The molecule has 8 atom stereocenters. The van der Waals surface area contributed by atoms with Crippen molar-refractivity contribution in [2.75, 3.05) is 26.9 Å². The molecule has 2 aliphatic heterocycles. The lowest BCUT2D eigenvalue weighted by molar-refractivity contribution is -0.310. The van der Waals surface area contributed by atoms with Gasteiger partial charge in [0.25, 0.3) is 0 Å². The van der Waals surface area contributed by atoms with Crippen LogP contribution in [0.5, 0.6) is 0 Å². The number of rotatable bonds is 8. The number of hydrogen-bond acceptors (Lipinski definition) is 10. The fourth-order valence-corrected chi connectivity index (χ4v) is 3.23. The van der Waals surface area contributed by atoms with Gasteiger partial charge < -0.3 is 49.2 Å². The Morgan fingerprint density at radius 1 is 1.00 bits per heavy atom. The predicted octanol–water partition coefficient (Wildman–Crippen LogP) is -1.88. The van der Waals surface area contributed by atoms with Gasteiger partial charge in [-0.2, -0.15) is 0 Å². The van der Waals surface area contributed by atoms with Gasteiger partial charge in [0, 0.05) is 7.11 Å². The van der Waals surface area contributed by atoms with Crippen molar-refractivity contribution >= 4 is 0 Å². The minimum Gasteiger partial charge on any atom is -0.387 e. The molecular formula is C19H28O10. The molecule has 164 valence electrons. The van der Waals surface area contributed by atoms with Crippen LogP contribution in [0.4, 0.5) is 0 Å². The summed E-state index contributed by atoms with van der Waals surface area (Å²) in [5.74, 6) is -1.89. The van der Waals surface area contributed by atoms with Gasteiger partial charge >= 0.3 is 0 Å². The fraction of sp³-hybridized carbons (Fsp3) is 0.684. The Balaban J connectivity index is 1.52. The SMILES string of the molecule is COC1(O)COC(OCC2OC(OCCc3ccccc3)C(O)C(O)C2O)C1O. The van der Waals surface area contributed by atoms with Gasteiger partial charge in [-0.3, -0.25) is 0 Å². The molecule has 0 radical (unpaired) electrons. The van der Waals surface area contributed by atoms with Gasteiger partial charge in [-0.05, 0) is 12.0 Å². The highest BCUT2D eigenvalue weighted by Crippen LogP contribution is 2.28. The van der Waals surface area contributed by atoms with Crippen LogP contribution >= 0.6 is 0 Å². The number of aliphatic hydroxyl groups is 5. The van der Waals surface area contributed by atoms with Crippen molar-refractivity contribution in [2.45, 2.75) is 55.3 Å². The standard InChI is InChI=1S/C19H28O10/c1-25-19(24)10-28-18(16(19)23)27-9-12-13(20)14(21)15(22)17(29-12)26-8-7-11-5-3-2-4-6-11/h2-6,12-18,20-24H,7-10H2,1H3. The maximum Gasteiger partial charge on any atom is 0.221 e. The van der Waals surface area contributed by atoms with Crippen molar-refractivity contribution in [3.63, 3.8) is 0 Å². The highest BCUT2D eigenvalue weighted by atomic mass is 16.8. The quantitative estimate of drug-likeness (QED) is 0.305. The number of hydrogen-bond donors (Lipinski definition) is 5. The number of benzene rings is 1. The van der Waals surface area contributed by atoms with Crippen LogP contribution in [-0.4, -0.2) is 101 Å². The molecule has 0 bridgehead atoms. The van der Waals surface area contributed by atoms with E-state index in [2.05, 4.69) is 0 Å². The van der Waals surface area contributed by atoms with Gasteiger partial charge in [-0.15, -0.1) is 0 Å². The first-order valence-electron chi connectivity index (χ1n) is 9.39. The Kier molecular flexibility index (Phi) is 7.57. The minimum absolute atomic E-state index is 0.230. The molecule has 29 heavy (non-hydrogen) atoms. The van der Waals surface area contributed by atoms with Crippen LogP contribution in [0.1, 0.15) is 5.56 Å². The Labute approximate surface area is 168 Å². The molecule has 0 amide bonds.